The SMILES string of the molecule is Clc1ccc(C(NCCn2ccnc2)c2ccco2)s1. The summed E-state index contributed by atoms with van der Waals surface area (Å²) in [6.45, 7) is 1.67. The van der Waals surface area contributed by atoms with Crippen molar-refractivity contribution in [2.75, 3.05) is 6.54 Å². The Kier molecular flexibility index (Phi) is 4.20. The molecule has 6 heteroatoms. The van der Waals surface area contributed by atoms with Crippen LogP contribution in [0, 0.1) is 0 Å². The average Bonchev–Trinajstić information content (AvgIpc) is 3.17. The maximum Gasteiger partial charge on any atom is 0.126 e. The third-order valence-electron chi connectivity index (χ3n) is 2.98. The summed E-state index contributed by atoms with van der Waals surface area (Å²) >= 11 is 7.59. The van der Waals surface area contributed by atoms with Crippen molar-refractivity contribution < 1.29 is 4.42 Å². The van der Waals surface area contributed by atoms with Crippen molar-refractivity contribution in [2.45, 2.75) is 12.6 Å². The van der Waals surface area contributed by atoms with Crippen molar-refractivity contribution >= 4 is 22.9 Å². The number of aromatic nitrogens is 2. The summed E-state index contributed by atoms with van der Waals surface area (Å²) in [5.41, 5.74) is 0. The fourth-order valence-corrected chi connectivity index (χ4v) is 3.18. The standard InChI is InChI=1S/C14H14ClN3OS/c15-13-4-3-12(20-13)14(11-2-1-9-19-11)17-6-8-18-7-5-16-10-18/h1-5,7,9-10,14,17H,6,8H2. The Morgan fingerprint density at radius 3 is 3.00 bits per heavy atom. The highest BCUT2D eigenvalue weighted by molar-refractivity contribution is 7.16. The lowest BCUT2D eigenvalue weighted by atomic mass is 10.2. The molecule has 3 rings (SSSR count). The average molecular weight is 308 g/mol. The number of halogens is 1. The summed E-state index contributed by atoms with van der Waals surface area (Å²) in [5, 5.41) is 3.50. The normalized spacial score (nSPS) is 12.7. The molecule has 1 unspecified atom stereocenters. The summed E-state index contributed by atoms with van der Waals surface area (Å²) in [6, 6.07) is 7.85. The van der Waals surface area contributed by atoms with Crippen molar-refractivity contribution in [3.8, 4) is 0 Å². The fourth-order valence-electron chi connectivity index (χ4n) is 2.04. The van der Waals surface area contributed by atoms with E-state index in [9.17, 15) is 0 Å². The minimum absolute atomic E-state index is 0.0334. The number of nitrogens with one attached hydrogen (secondary N) is 1. The van der Waals surface area contributed by atoms with Crippen LogP contribution in [0.3, 0.4) is 0 Å². The predicted molar refractivity (Wildman–Crippen MR) is 80.1 cm³/mol. The summed E-state index contributed by atoms with van der Waals surface area (Å²) in [5.74, 6) is 0.897. The molecule has 3 aromatic heterocycles. The van der Waals surface area contributed by atoms with Crippen LogP contribution in [0.4, 0.5) is 0 Å². The van der Waals surface area contributed by atoms with Crippen LogP contribution in [0.15, 0.2) is 53.7 Å². The second kappa shape index (κ2) is 6.26. The highest BCUT2D eigenvalue weighted by Gasteiger charge is 2.18. The minimum atomic E-state index is 0.0334. The van der Waals surface area contributed by atoms with Gasteiger partial charge in [-0.25, -0.2) is 4.98 Å². The van der Waals surface area contributed by atoms with Gasteiger partial charge in [-0.1, -0.05) is 11.6 Å². The molecule has 104 valence electrons. The fraction of sp³-hybridized carbons (Fsp3) is 0.214. The maximum atomic E-state index is 6.03. The molecule has 0 saturated heterocycles. The van der Waals surface area contributed by atoms with E-state index in [-0.39, 0.29) is 6.04 Å². The Labute approximate surface area is 126 Å². The van der Waals surface area contributed by atoms with Crippen LogP contribution in [0.2, 0.25) is 4.34 Å². The van der Waals surface area contributed by atoms with Gasteiger partial charge in [0.1, 0.15) is 11.8 Å². The van der Waals surface area contributed by atoms with E-state index in [1.54, 1.807) is 23.8 Å². The molecule has 4 nitrogen and oxygen atoms in total. The van der Waals surface area contributed by atoms with Crippen LogP contribution in [-0.2, 0) is 6.54 Å². The first-order valence-corrected chi connectivity index (χ1v) is 7.50. The molecule has 0 aliphatic heterocycles. The molecule has 1 N–H and O–H groups in total. The van der Waals surface area contributed by atoms with Crippen LogP contribution in [0.1, 0.15) is 16.7 Å². The van der Waals surface area contributed by atoms with Gasteiger partial charge < -0.3 is 14.3 Å². The number of rotatable bonds is 6. The molecule has 0 aliphatic rings. The highest BCUT2D eigenvalue weighted by atomic mass is 35.5. The summed E-state index contributed by atoms with van der Waals surface area (Å²) in [4.78, 5) is 5.18. The zero-order valence-electron chi connectivity index (χ0n) is 10.7. The zero-order chi connectivity index (χ0) is 13.8. The van der Waals surface area contributed by atoms with Gasteiger partial charge in [-0.3, -0.25) is 0 Å². The lowest BCUT2D eigenvalue weighted by Gasteiger charge is -2.15. The van der Waals surface area contributed by atoms with Crippen molar-refractivity contribution in [2.24, 2.45) is 0 Å². The molecule has 3 heterocycles. The van der Waals surface area contributed by atoms with E-state index < -0.39 is 0 Å². The first kappa shape index (κ1) is 13.4. The topological polar surface area (TPSA) is 43.0 Å². The molecule has 0 aliphatic carbocycles. The third kappa shape index (κ3) is 3.12. The summed E-state index contributed by atoms with van der Waals surface area (Å²) in [6.07, 6.45) is 7.23. The molecular formula is C14H14ClN3OS. The lowest BCUT2D eigenvalue weighted by Crippen LogP contribution is -2.25. The predicted octanol–water partition coefficient (Wildman–Crippen LogP) is 3.57. The smallest absolute Gasteiger partial charge is 0.126 e. The van der Waals surface area contributed by atoms with E-state index in [1.807, 2.05) is 41.4 Å². The van der Waals surface area contributed by atoms with E-state index in [0.29, 0.717) is 0 Å². The number of imidazole rings is 1. The van der Waals surface area contributed by atoms with Gasteiger partial charge in [0.2, 0.25) is 0 Å². The first-order valence-electron chi connectivity index (χ1n) is 6.31. The largest absolute Gasteiger partial charge is 0.467 e. The highest BCUT2D eigenvalue weighted by Crippen LogP contribution is 2.31. The molecule has 0 bridgehead atoms. The molecule has 0 fully saturated rings. The van der Waals surface area contributed by atoms with Crippen molar-refractivity contribution in [1.29, 1.82) is 0 Å². The minimum Gasteiger partial charge on any atom is -0.467 e. The van der Waals surface area contributed by atoms with E-state index in [4.69, 9.17) is 16.0 Å². The van der Waals surface area contributed by atoms with Crippen molar-refractivity contribution in [3.05, 3.63) is 64.2 Å². The van der Waals surface area contributed by atoms with Gasteiger partial charge >= 0.3 is 0 Å². The van der Waals surface area contributed by atoms with Gasteiger partial charge in [-0.15, -0.1) is 11.3 Å². The van der Waals surface area contributed by atoms with E-state index >= 15 is 0 Å². The molecule has 20 heavy (non-hydrogen) atoms. The molecule has 1 atom stereocenters. The zero-order valence-corrected chi connectivity index (χ0v) is 12.3. The van der Waals surface area contributed by atoms with Gasteiger partial charge in [0.05, 0.1) is 16.9 Å². The van der Waals surface area contributed by atoms with Gasteiger partial charge in [0.25, 0.3) is 0 Å². The monoisotopic (exact) mass is 307 g/mol. The van der Waals surface area contributed by atoms with Gasteiger partial charge in [-0.2, -0.15) is 0 Å². The Balaban J connectivity index is 1.70. The first-order chi connectivity index (χ1) is 9.83. The Bertz CT molecular complexity index is 633. The van der Waals surface area contributed by atoms with E-state index in [1.165, 1.54) is 0 Å². The Morgan fingerprint density at radius 2 is 2.35 bits per heavy atom. The molecular weight excluding hydrogens is 294 g/mol. The van der Waals surface area contributed by atoms with E-state index in [0.717, 1.165) is 28.1 Å². The molecule has 0 saturated carbocycles. The second-order valence-electron chi connectivity index (χ2n) is 4.34. The van der Waals surface area contributed by atoms with Gasteiger partial charge in [-0.05, 0) is 24.3 Å². The second-order valence-corrected chi connectivity index (χ2v) is 6.09. The van der Waals surface area contributed by atoms with Crippen LogP contribution in [0.5, 0.6) is 0 Å². The Morgan fingerprint density at radius 1 is 1.40 bits per heavy atom. The van der Waals surface area contributed by atoms with Crippen molar-refractivity contribution in [1.82, 2.24) is 14.9 Å². The van der Waals surface area contributed by atoms with Gasteiger partial charge in [0, 0.05) is 30.4 Å². The van der Waals surface area contributed by atoms with Crippen LogP contribution in [-0.4, -0.2) is 16.1 Å². The quantitative estimate of drug-likeness (QED) is 0.757. The summed E-state index contributed by atoms with van der Waals surface area (Å²) < 4.78 is 8.35. The number of furan rings is 1. The Hall–Kier alpha value is -1.56. The summed E-state index contributed by atoms with van der Waals surface area (Å²) in [7, 11) is 0. The van der Waals surface area contributed by atoms with Gasteiger partial charge in [0.15, 0.2) is 0 Å². The molecule has 3 aromatic rings. The number of nitrogens with zero attached hydrogens (tertiary/aromatic N) is 2. The molecule has 0 amide bonds. The van der Waals surface area contributed by atoms with Crippen molar-refractivity contribution in [3.63, 3.8) is 0 Å². The molecule has 0 aromatic carbocycles. The van der Waals surface area contributed by atoms with Crippen LogP contribution >= 0.6 is 22.9 Å². The lowest BCUT2D eigenvalue weighted by molar-refractivity contribution is 0.442. The van der Waals surface area contributed by atoms with Crippen LogP contribution < -0.4 is 5.32 Å². The maximum absolute atomic E-state index is 6.03. The molecule has 0 spiro atoms. The number of hydrogen-bond donors (Lipinski definition) is 1. The third-order valence-corrected chi connectivity index (χ3v) is 4.28. The number of hydrogen-bond acceptors (Lipinski definition) is 4. The van der Waals surface area contributed by atoms with Crippen LogP contribution in [0.25, 0.3) is 0 Å². The number of thiophene rings is 1. The molecule has 0 radical (unpaired) electrons. The van der Waals surface area contributed by atoms with E-state index in [2.05, 4.69) is 10.3 Å².